The zero-order chi connectivity index (χ0) is 9.42. The Labute approximate surface area is 78.1 Å². The topological polar surface area (TPSA) is 46.5 Å². The van der Waals surface area contributed by atoms with Crippen LogP contribution in [0.4, 0.5) is 0 Å². The monoisotopic (exact) mass is 184 g/mol. The molecule has 4 atom stereocenters. The van der Waals surface area contributed by atoms with Gasteiger partial charge in [0.25, 0.3) is 0 Å². The highest BCUT2D eigenvalue weighted by Crippen LogP contribution is 2.48. The van der Waals surface area contributed by atoms with E-state index in [1.807, 2.05) is 0 Å². The van der Waals surface area contributed by atoms with Gasteiger partial charge in [-0.2, -0.15) is 0 Å². The number of carbonyl (C=O) groups is 1. The largest absolute Gasteiger partial charge is 0.481 e. The third-order valence-electron chi connectivity index (χ3n) is 3.76. The summed E-state index contributed by atoms with van der Waals surface area (Å²) in [6, 6.07) is 0. The van der Waals surface area contributed by atoms with Crippen LogP contribution >= 0.6 is 0 Å². The smallest absolute Gasteiger partial charge is 0.306 e. The number of methoxy groups -OCH3 is 1. The van der Waals surface area contributed by atoms with Crippen LogP contribution < -0.4 is 0 Å². The Morgan fingerprint density at radius 3 is 2.54 bits per heavy atom. The number of rotatable bonds is 2. The minimum Gasteiger partial charge on any atom is -0.481 e. The van der Waals surface area contributed by atoms with E-state index in [-0.39, 0.29) is 5.92 Å². The van der Waals surface area contributed by atoms with Crippen molar-refractivity contribution in [2.45, 2.75) is 31.8 Å². The molecule has 1 N–H and O–H groups in total. The van der Waals surface area contributed by atoms with Crippen molar-refractivity contribution < 1.29 is 14.6 Å². The molecule has 0 spiro atoms. The van der Waals surface area contributed by atoms with Gasteiger partial charge in [-0.25, -0.2) is 0 Å². The first-order valence-electron chi connectivity index (χ1n) is 4.99. The standard InChI is InChI=1S/C10H16O3/c1-13-9-5-4-6-7(9)2-3-8(6)10(11)12/h6-9H,2-5H2,1H3,(H,11,12)/t6-,7-,8+,9-/m1/s1. The lowest BCUT2D eigenvalue weighted by molar-refractivity contribution is -0.143. The van der Waals surface area contributed by atoms with E-state index in [1.165, 1.54) is 0 Å². The second-order valence-electron chi connectivity index (χ2n) is 4.20. The Morgan fingerprint density at radius 2 is 1.92 bits per heavy atom. The molecule has 3 nitrogen and oxygen atoms in total. The highest BCUT2D eigenvalue weighted by atomic mass is 16.5. The summed E-state index contributed by atoms with van der Waals surface area (Å²) in [5.74, 6) is 0.211. The fourth-order valence-electron chi connectivity index (χ4n) is 3.15. The number of carboxylic acids is 1. The van der Waals surface area contributed by atoms with E-state index in [2.05, 4.69) is 0 Å². The molecule has 0 radical (unpaired) electrons. The van der Waals surface area contributed by atoms with Crippen LogP contribution in [0, 0.1) is 17.8 Å². The summed E-state index contributed by atoms with van der Waals surface area (Å²) in [6.07, 6.45) is 4.31. The molecule has 0 saturated heterocycles. The van der Waals surface area contributed by atoms with Gasteiger partial charge in [-0.15, -0.1) is 0 Å². The van der Waals surface area contributed by atoms with Crippen molar-refractivity contribution in [2.24, 2.45) is 17.8 Å². The molecule has 2 rings (SSSR count). The van der Waals surface area contributed by atoms with Crippen molar-refractivity contribution in [2.75, 3.05) is 7.11 Å². The zero-order valence-electron chi connectivity index (χ0n) is 7.90. The van der Waals surface area contributed by atoms with Crippen LogP contribution in [0.5, 0.6) is 0 Å². The Bertz CT molecular complexity index is 214. The molecule has 2 aliphatic rings. The van der Waals surface area contributed by atoms with Crippen LogP contribution in [0.2, 0.25) is 0 Å². The van der Waals surface area contributed by atoms with Crippen molar-refractivity contribution in [3.8, 4) is 0 Å². The molecule has 0 aromatic carbocycles. The molecule has 0 bridgehead atoms. The summed E-state index contributed by atoms with van der Waals surface area (Å²) in [5.41, 5.74) is 0. The minimum atomic E-state index is -0.607. The van der Waals surface area contributed by atoms with Crippen molar-refractivity contribution in [1.82, 2.24) is 0 Å². The summed E-state index contributed by atoms with van der Waals surface area (Å²) >= 11 is 0. The number of ether oxygens (including phenoxy) is 1. The normalized spacial score (nSPS) is 43.5. The zero-order valence-corrected chi connectivity index (χ0v) is 7.90. The molecule has 0 aromatic heterocycles. The van der Waals surface area contributed by atoms with Gasteiger partial charge in [0.05, 0.1) is 12.0 Å². The van der Waals surface area contributed by atoms with Gasteiger partial charge in [0.15, 0.2) is 0 Å². The van der Waals surface area contributed by atoms with Gasteiger partial charge in [-0.1, -0.05) is 0 Å². The van der Waals surface area contributed by atoms with E-state index >= 15 is 0 Å². The van der Waals surface area contributed by atoms with Crippen molar-refractivity contribution in [1.29, 1.82) is 0 Å². The van der Waals surface area contributed by atoms with Crippen molar-refractivity contribution in [3.05, 3.63) is 0 Å². The average molecular weight is 184 g/mol. The first kappa shape index (κ1) is 9.00. The summed E-state index contributed by atoms with van der Waals surface area (Å²) in [7, 11) is 1.74. The third kappa shape index (κ3) is 1.35. The molecular formula is C10H16O3. The fraction of sp³-hybridized carbons (Fsp3) is 0.900. The first-order valence-corrected chi connectivity index (χ1v) is 4.99. The maximum atomic E-state index is 10.9. The SMILES string of the molecule is CO[C@@H]1CC[C@@H]2[C@H]1CC[C@@H]2C(=O)O. The molecule has 0 aromatic rings. The Balaban J connectivity index is 2.07. The highest BCUT2D eigenvalue weighted by Gasteiger charge is 2.47. The Kier molecular flexibility index (Phi) is 2.28. The number of hydrogen-bond donors (Lipinski definition) is 1. The van der Waals surface area contributed by atoms with E-state index in [1.54, 1.807) is 7.11 Å². The van der Waals surface area contributed by atoms with Crippen LogP contribution in [-0.4, -0.2) is 24.3 Å². The van der Waals surface area contributed by atoms with Gasteiger partial charge in [-0.3, -0.25) is 4.79 Å². The maximum Gasteiger partial charge on any atom is 0.306 e. The van der Waals surface area contributed by atoms with Crippen molar-refractivity contribution >= 4 is 5.97 Å². The van der Waals surface area contributed by atoms with E-state index in [0.29, 0.717) is 17.9 Å². The first-order chi connectivity index (χ1) is 6.24. The van der Waals surface area contributed by atoms with Crippen LogP contribution in [0.15, 0.2) is 0 Å². The summed E-state index contributed by atoms with van der Waals surface area (Å²) in [5, 5.41) is 8.98. The van der Waals surface area contributed by atoms with Gasteiger partial charge in [0.1, 0.15) is 0 Å². The summed E-state index contributed by atoms with van der Waals surface area (Å²) in [4.78, 5) is 10.9. The Hall–Kier alpha value is -0.570. The second kappa shape index (κ2) is 3.29. The van der Waals surface area contributed by atoms with Gasteiger partial charge in [-0.05, 0) is 37.5 Å². The molecule has 13 heavy (non-hydrogen) atoms. The van der Waals surface area contributed by atoms with Crippen molar-refractivity contribution in [3.63, 3.8) is 0 Å². The van der Waals surface area contributed by atoms with E-state index in [4.69, 9.17) is 9.84 Å². The number of fused-ring (bicyclic) bond motifs is 1. The molecule has 0 amide bonds. The lowest BCUT2D eigenvalue weighted by Gasteiger charge is -2.17. The Morgan fingerprint density at radius 1 is 1.23 bits per heavy atom. The lowest BCUT2D eigenvalue weighted by Crippen LogP contribution is -2.22. The number of aliphatic carboxylic acids is 1. The molecule has 74 valence electrons. The molecule has 0 heterocycles. The molecule has 3 heteroatoms. The van der Waals surface area contributed by atoms with Gasteiger partial charge < -0.3 is 9.84 Å². The molecule has 2 saturated carbocycles. The lowest BCUT2D eigenvalue weighted by atomic mass is 9.92. The second-order valence-corrected chi connectivity index (χ2v) is 4.20. The van der Waals surface area contributed by atoms with Crippen LogP contribution in [0.3, 0.4) is 0 Å². The number of carboxylic acid groups (broad SMARTS) is 1. The molecular weight excluding hydrogens is 168 g/mol. The van der Waals surface area contributed by atoms with Gasteiger partial charge in [0, 0.05) is 7.11 Å². The molecule has 0 unspecified atom stereocenters. The van der Waals surface area contributed by atoms with Gasteiger partial charge >= 0.3 is 5.97 Å². The number of hydrogen-bond acceptors (Lipinski definition) is 2. The van der Waals surface area contributed by atoms with Gasteiger partial charge in [0.2, 0.25) is 0 Å². The molecule has 2 aliphatic carbocycles. The van der Waals surface area contributed by atoms with Crippen LogP contribution in [-0.2, 0) is 9.53 Å². The fourth-order valence-corrected chi connectivity index (χ4v) is 3.15. The summed E-state index contributed by atoms with van der Waals surface area (Å²) in [6.45, 7) is 0. The predicted molar refractivity (Wildman–Crippen MR) is 47.4 cm³/mol. The van der Waals surface area contributed by atoms with E-state index < -0.39 is 5.97 Å². The third-order valence-corrected chi connectivity index (χ3v) is 3.76. The molecule has 2 fully saturated rings. The quantitative estimate of drug-likeness (QED) is 0.707. The minimum absolute atomic E-state index is 0.0925. The van der Waals surface area contributed by atoms with Crippen LogP contribution in [0.1, 0.15) is 25.7 Å². The maximum absolute atomic E-state index is 10.9. The van der Waals surface area contributed by atoms with Crippen LogP contribution in [0.25, 0.3) is 0 Å². The highest BCUT2D eigenvalue weighted by molar-refractivity contribution is 5.70. The molecule has 0 aliphatic heterocycles. The average Bonchev–Trinajstić information content (AvgIpc) is 2.61. The summed E-state index contributed by atoms with van der Waals surface area (Å²) < 4.78 is 5.36. The predicted octanol–water partition coefficient (Wildman–Crippen LogP) is 1.52. The van der Waals surface area contributed by atoms with E-state index in [9.17, 15) is 4.79 Å². The van der Waals surface area contributed by atoms with E-state index in [0.717, 1.165) is 25.7 Å².